The van der Waals surface area contributed by atoms with Crippen molar-refractivity contribution in [3.63, 3.8) is 0 Å². The van der Waals surface area contributed by atoms with E-state index in [1.165, 1.54) is 0 Å². The molecule has 0 radical (unpaired) electrons. The predicted octanol–water partition coefficient (Wildman–Crippen LogP) is 3.09. The smallest absolute Gasteiger partial charge is 0.176 e. The predicted molar refractivity (Wildman–Crippen MR) is 87.0 cm³/mol. The Kier molecular flexibility index (Phi) is 3.78. The minimum atomic E-state index is -1.42. The number of aliphatic hydroxyl groups is 2. The second-order valence-corrected chi connectivity index (χ2v) is 6.11. The lowest BCUT2D eigenvalue weighted by Crippen LogP contribution is -2.29. The molecule has 2 heteroatoms. The monoisotopic (exact) mass is 292 g/mol. The Hall–Kier alpha value is -2.08. The summed E-state index contributed by atoms with van der Waals surface area (Å²) in [6, 6.07) is 18.7. The van der Waals surface area contributed by atoms with Crippen LogP contribution in [0.2, 0.25) is 0 Å². The fourth-order valence-electron chi connectivity index (χ4n) is 2.63. The van der Waals surface area contributed by atoms with Crippen molar-refractivity contribution < 1.29 is 10.2 Å². The minimum Gasteiger partial charge on any atom is -0.378 e. The third-order valence-corrected chi connectivity index (χ3v) is 4.25. The standard InChI is InChI=1S/C20H20O2/c1-19(21,16-12-13-16)14-15-20(22,17-8-4-2-5-9-17)18-10-6-3-7-11-18/h2-11,16,21-22H,12-13H2,1H3. The molecule has 1 aliphatic carbocycles. The van der Waals surface area contributed by atoms with Gasteiger partial charge >= 0.3 is 0 Å². The van der Waals surface area contributed by atoms with Gasteiger partial charge in [-0.3, -0.25) is 0 Å². The maximum absolute atomic E-state index is 11.2. The number of rotatable bonds is 3. The van der Waals surface area contributed by atoms with Crippen molar-refractivity contribution in [3.8, 4) is 11.8 Å². The Morgan fingerprint density at radius 3 is 1.68 bits per heavy atom. The van der Waals surface area contributed by atoms with Crippen LogP contribution in [0.1, 0.15) is 30.9 Å². The molecule has 0 spiro atoms. The number of hydrogen-bond acceptors (Lipinski definition) is 2. The Balaban J connectivity index is 2.06. The fraction of sp³-hybridized carbons (Fsp3) is 0.300. The van der Waals surface area contributed by atoms with Crippen LogP contribution < -0.4 is 0 Å². The summed E-state index contributed by atoms with van der Waals surface area (Å²) in [6.45, 7) is 1.73. The number of hydrogen-bond donors (Lipinski definition) is 2. The van der Waals surface area contributed by atoms with Crippen LogP contribution in [0.5, 0.6) is 0 Å². The molecule has 3 rings (SSSR count). The summed E-state index contributed by atoms with van der Waals surface area (Å²) in [6.07, 6.45) is 1.99. The van der Waals surface area contributed by atoms with E-state index in [0.29, 0.717) is 11.1 Å². The van der Waals surface area contributed by atoms with E-state index < -0.39 is 11.2 Å². The molecule has 0 aliphatic heterocycles. The van der Waals surface area contributed by atoms with E-state index >= 15 is 0 Å². The molecule has 22 heavy (non-hydrogen) atoms. The van der Waals surface area contributed by atoms with Gasteiger partial charge in [0.15, 0.2) is 5.60 Å². The molecular formula is C20H20O2. The first-order chi connectivity index (χ1) is 10.5. The highest BCUT2D eigenvalue weighted by Gasteiger charge is 2.39. The lowest BCUT2D eigenvalue weighted by atomic mass is 9.86. The molecule has 2 aromatic rings. The second kappa shape index (κ2) is 5.61. The average molecular weight is 292 g/mol. The molecule has 0 bridgehead atoms. The van der Waals surface area contributed by atoms with Crippen molar-refractivity contribution in [2.24, 2.45) is 5.92 Å². The topological polar surface area (TPSA) is 40.5 Å². The van der Waals surface area contributed by atoms with E-state index in [4.69, 9.17) is 0 Å². The molecule has 1 fully saturated rings. The van der Waals surface area contributed by atoms with Gasteiger partial charge in [-0.05, 0) is 25.7 Å². The molecule has 2 nitrogen and oxygen atoms in total. The molecule has 0 saturated heterocycles. The third kappa shape index (κ3) is 2.92. The Labute approximate surface area is 131 Å². The Morgan fingerprint density at radius 2 is 1.27 bits per heavy atom. The van der Waals surface area contributed by atoms with Gasteiger partial charge in [0.05, 0.1) is 0 Å². The molecule has 0 aromatic heterocycles. The van der Waals surface area contributed by atoms with Crippen molar-refractivity contribution in [1.29, 1.82) is 0 Å². The first-order valence-electron chi connectivity index (χ1n) is 7.62. The van der Waals surface area contributed by atoms with Gasteiger partial charge in [-0.25, -0.2) is 0 Å². The van der Waals surface area contributed by atoms with E-state index in [1.54, 1.807) is 6.92 Å². The van der Waals surface area contributed by atoms with Crippen LogP contribution in [0.4, 0.5) is 0 Å². The van der Waals surface area contributed by atoms with E-state index in [1.807, 2.05) is 60.7 Å². The fourth-order valence-corrected chi connectivity index (χ4v) is 2.63. The molecule has 112 valence electrons. The van der Waals surface area contributed by atoms with Crippen LogP contribution in [0.25, 0.3) is 0 Å². The van der Waals surface area contributed by atoms with Crippen LogP contribution >= 0.6 is 0 Å². The molecular weight excluding hydrogens is 272 g/mol. The summed E-state index contributed by atoms with van der Waals surface area (Å²) in [7, 11) is 0. The maximum atomic E-state index is 11.2. The van der Waals surface area contributed by atoms with Crippen LogP contribution in [-0.4, -0.2) is 15.8 Å². The second-order valence-electron chi connectivity index (χ2n) is 6.11. The van der Waals surface area contributed by atoms with Crippen LogP contribution in [-0.2, 0) is 5.60 Å². The maximum Gasteiger partial charge on any atom is 0.176 e. The van der Waals surface area contributed by atoms with Gasteiger partial charge in [0.1, 0.15) is 5.60 Å². The first kappa shape index (κ1) is 14.8. The van der Waals surface area contributed by atoms with E-state index in [-0.39, 0.29) is 5.92 Å². The largest absolute Gasteiger partial charge is 0.378 e. The number of benzene rings is 2. The normalized spacial score (nSPS) is 17.2. The van der Waals surface area contributed by atoms with Gasteiger partial charge < -0.3 is 10.2 Å². The Morgan fingerprint density at radius 1 is 0.818 bits per heavy atom. The minimum absolute atomic E-state index is 0.218. The average Bonchev–Trinajstić information content (AvgIpc) is 3.40. The van der Waals surface area contributed by atoms with E-state index in [9.17, 15) is 10.2 Å². The molecule has 2 N–H and O–H groups in total. The van der Waals surface area contributed by atoms with Crippen molar-refractivity contribution >= 4 is 0 Å². The Bertz CT molecular complexity index is 649. The molecule has 1 unspecified atom stereocenters. The highest BCUT2D eigenvalue weighted by atomic mass is 16.3. The summed E-state index contributed by atoms with van der Waals surface area (Å²) in [5, 5.41) is 21.7. The molecule has 0 heterocycles. The molecule has 0 amide bonds. The molecule has 2 aromatic carbocycles. The van der Waals surface area contributed by atoms with Gasteiger partial charge in [0, 0.05) is 11.1 Å². The summed E-state index contributed by atoms with van der Waals surface area (Å²) >= 11 is 0. The first-order valence-corrected chi connectivity index (χ1v) is 7.62. The quantitative estimate of drug-likeness (QED) is 0.854. The van der Waals surface area contributed by atoms with Crippen molar-refractivity contribution in [2.75, 3.05) is 0 Å². The zero-order valence-corrected chi connectivity index (χ0v) is 12.7. The van der Waals surface area contributed by atoms with Gasteiger partial charge in [-0.1, -0.05) is 72.5 Å². The van der Waals surface area contributed by atoms with E-state index in [0.717, 1.165) is 12.8 Å². The van der Waals surface area contributed by atoms with Gasteiger partial charge in [0.25, 0.3) is 0 Å². The van der Waals surface area contributed by atoms with Crippen molar-refractivity contribution in [2.45, 2.75) is 31.0 Å². The third-order valence-electron chi connectivity index (χ3n) is 4.25. The molecule has 1 saturated carbocycles. The van der Waals surface area contributed by atoms with E-state index in [2.05, 4.69) is 11.8 Å². The summed E-state index contributed by atoms with van der Waals surface area (Å²) in [4.78, 5) is 0. The summed E-state index contributed by atoms with van der Waals surface area (Å²) in [5.41, 5.74) is -1.04. The van der Waals surface area contributed by atoms with Gasteiger partial charge in [-0.15, -0.1) is 0 Å². The zero-order chi connectivity index (χ0) is 15.6. The lowest BCUT2D eigenvalue weighted by molar-refractivity contribution is 0.0952. The van der Waals surface area contributed by atoms with Crippen LogP contribution in [0.15, 0.2) is 60.7 Å². The van der Waals surface area contributed by atoms with Gasteiger partial charge in [0.2, 0.25) is 0 Å². The molecule has 1 aliphatic rings. The SMILES string of the molecule is CC(O)(C#CC(O)(c1ccccc1)c1ccccc1)C1CC1. The highest BCUT2D eigenvalue weighted by molar-refractivity contribution is 5.45. The summed E-state index contributed by atoms with van der Waals surface area (Å²) in [5.74, 6) is 6.08. The summed E-state index contributed by atoms with van der Waals surface area (Å²) < 4.78 is 0. The highest BCUT2D eigenvalue weighted by Crippen LogP contribution is 2.39. The van der Waals surface area contributed by atoms with Gasteiger partial charge in [-0.2, -0.15) is 0 Å². The lowest BCUT2D eigenvalue weighted by Gasteiger charge is -2.25. The van der Waals surface area contributed by atoms with Crippen molar-refractivity contribution in [3.05, 3.63) is 71.8 Å². The van der Waals surface area contributed by atoms with Crippen LogP contribution in [0, 0.1) is 17.8 Å². The molecule has 1 atom stereocenters. The van der Waals surface area contributed by atoms with Crippen LogP contribution in [0.3, 0.4) is 0 Å². The van der Waals surface area contributed by atoms with Crippen molar-refractivity contribution in [1.82, 2.24) is 0 Å². The zero-order valence-electron chi connectivity index (χ0n) is 12.7.